The normalized spacial score (nSPS) is 11.2. The fourth-order valence-electron chi connectivity index (χ4n) is 3.75. The highest BCUT2D eigenvalue weighted by atomic mass is 35.5. The summed E-state index contributed by atoms with van der Waals surface area (Å²) in [6.07, 6.45) is 0. The molecule has 1 amide bonds. The highest BCUT2D eigenvalue weighted by Gasteiger charge is 2.19. The van der Waals surface area contributed by atoms with Crippen molar-refractivity contribution in [2.75, 3.05) is 5.32 Å². The van der Waals surface area contributed by atoms with Crippen molar-refractivity contribution >= 4 is 39.9 Å². The number of aryl methyl sites for hydroxylation is 2. The van der Waals surface area contributed by atoms with Gasteiger partial charge < -0.3 is 5.32 Å². The Kier molecular flexibility index (Phi) is 5.18. The molecule has 33 heavy (non-hydrogen) atoms. The number of fused-ring (bicyclic) bond motifs is 3. The molecule has 164 valence electrons. The predicted octanol–water partition coefficient (Wildman–Crippen LogP) is 4.62. The van der Waals surface area contributed by atoms with Gasteiger partial charge in [-0.3, -0.25) is 14.2 Å². The number of anilines is 1. The van der Waals surface area contributed by atoms with Gasteiger partial charge in [-0.05, 0) is 54.8 Å². The van der Waals surface area contributed by atoms with Crippen molar-refractivity contribution in [2.24, 2.45) is 0 Å². The van der Waals surface area contributed by atoms with Gasteiger partial charge in [0.15, 0.2) is 0 Å². The molecule has 0 aliphatic carbocycles. The third-order valence-corrected chi connectivity index (χ3v) is 5.92. The summed E-state index contributed by atoms with van der Waals surface area (Å²) in [5.41, 5.74) is 4.61. The molecule has 7 nitrogen and oxygen atoms in total. The molecule has 2 aromatic heterocycles. The van der Waals surface area contributed by atoms with Crippen molar-refractivity contribution in [3.8, 4) is 0 Å². The number of benzene rings is 3. The molecule has 0 unspecified atom stereocenters. The molecule has 0 radical (unpaired) electrons. The lowest BCUT2D eigenvalue weighted by atomic mass is 10.2. The van der Waals surface area contributed by atoms with E-state index in [1.165, 1.54) is 4.52 Å². The number of amides is 1. The Labute approximate surface area is 194 Å². The lowest BCUT2D eigenvalue weighted by molar-refractivity contribution is 0.101. The second-order valence-electron chi connectivity index (χ2n) is 7.96. The minimum atomic E-state index is -0.520. The minimum Gasteiger partial charge on any atom is -0.319 e. The Hall–Kier alpha value is -3.97. The van der Waals surface area contributed by atoms with E-state index < -0.39 is 5.91 Å². The highest BCUT2D eigenvalue weighted by molar-refractivity contribution is 6.31. The molecule has 0 fully saturated rings. The Morgan fingerprint density at radius 2 is 1.79 bits per heavy atom. The fraction of sp³-hybridized carbons (Fsp3) is 0.120. The van der Waals surface area contributed by atoms with Gasteiger partial charge in [-0.1, -0.05) is 54.1 Å². The zero-order chi connectivity index (χ0) is 23.1. The van der Waals surface area contributed by atoms with Gasteiger partial charge in [0.1, 0.15) is 0 Å². The molecule has 0 bridgehead atoms. The number of rotatable bonds is 4. The zero-order valence-corrected chi connectivity index (χ0v) is 18.8. The van der Waals surface area contributed by atoms with Crippen LogP contribution >= 0.6 is 11.6 Å². The maximum Gasteiger partial charge on any atom is 0.296 e. The van der Waals surface area contributed by atoms with Crippen molar-refractivity contribution < 1.29 is 4.79 Å². The lowest BCUT2D eigenvalue weighted by Gasteiger charge is -2.12. The third kappa shape index (κ3) is 3.87. The smallest absolute Gasteiger partial charge is 0.296 e. The standard InChI is InChI=1S/C25H20ClN5O2/c1-15-8-11-20-21(12-15)30(14-17-6-4-3-5-7-17)25(33)23-28-22(29-31(20)23)24(32)27-18-10-9-16(2)19(26)13-18/h3-13H,14H2,1-2H3,(H,27,32). The summed E-state index contributed by atoms with van der Waals surface area (Å²) >= 11 is 6.16. The van der Waals surface area contributed by atoms with Crippen LogP contribution in [0.3, 0.4) is 0 Å². The summed E-state index contributed by atoms with van der Waals surface area (Å²) in [6, 6.07) is 20.7. The second kappa shape index (κ2) is 8.18. The van der Waals surface area contributed by atoms with E-state index >= 15 is 0 Å². The maximum atomic E-state index is 13.4. The van der Waals surface area contributed by atoms with E-state index in [4.69, 9.17) is 11.6 Å². The van der Waals surface area contributed by atoms with Crippen LogP contribution in [0.2, 0.25) is 5.02 Å². The first-order valence-corrected chi connectivity index (χ1v) is 10.8. The SMILES string of the molecule is Cc1ccc2c(c1)n(Cc1ccccc1)c(=O)c1nc(C(=O)Nc3ccc(C)c(Cl)c3)nn12. The molecule has 2 heterocycles. The number of hydrogen-bond acceptors (Lipinski definition) is 4. The second-order valence-corrected chi connectivity index (χ2v) is 8.37. The molecule has 8 heteroatoms. The first-order valence-electron chi connectivity index (χ1n) is 10.4. The summed E-state index contributed by atoms with van der Waals surface area (Å²) in [7, 11) is 0. The average molecular weight is 458 g/mol. The van der Waals surface area contributed by atoms with Crippen LogP contribution < -0.4 is 10.9 Å². The Morgan fingerprint density at radius 1 is 1.00 bits per heavy atom. The molecule has 0 saturated carbocycles. The van der Waals surface area contributed by atoms with Crippen LogP contribution in [0.5, 0.6) is 0 Å². The Morgan fingerprint density at radius 3 is 2.55 bits per heavy atom. The first kappa shape index (κ1) is 20.9. The first-order chi connectivity index (χ1) is 15.9. The van der Waals surface area contributed by atoms with Crippen LogP contribution in [0.1, 0.15) is 27.3 Å². The summed E-state index contributed by atoms with van der Waals surface area (Å²) in [6.45, 7) is 4.23. The predicted molar refractivity (Wildman–Crippen MR) is 129 cm³/mol. The summed E-state index contributed by atoms with van der Waals surface area (Å²) in [5.74, 6) is -0.615. The van der Waals surface area contributed by atoms with E-state index in [9.17, 15) is 9.59 Å². The molecule has 5 aromatic rings. The quantitative estimate of drug-likeness (QED) is 0.427. The molecule has 0 atom stereocenters. The summed E-state index contributed by atoms with van der Waals surface area (Å²) in [4.78, 5) is 30.6. The summed E-state index contributed by atoms with van der Waals surface area (Å²) in [5, 5.41) is 7.65. The van der Waals surface area contributed by atoms with Gasteiger partial charge >= 0.3 is 0 Å². The van der Waals surface area contributed by atoms with Crippen molar-refractivity contribution in [2.45, 2.75) is 20.4 Å². The lowest BCUT2D eigenvalue weighted by Crippen LogP contribution is -2.24. The number of nitrogens with one attached hydrogen (secondary N) is 1. The molecular weight excluding hydrogens is 438 g/mol. The fourth-order valence-corrected chi connectivity index (χ4v) is 3.93. The molecular formula is C25H20ClN5O2. The number of carbonyl (C=O) groups is 1. The average Bonchev–Trinajstić information content (AvgIpc) is 3.26. The van der Waals surface area contributed by atoms with E-state index in [1.807, 2.05) is 68.4 Å². The topological polar surface area (TPSA) is 81.3 Å². The molecule has 3 aromatic carbocycles. The van der Waals surface area contributed by atoms with Crippen LogP contribution in [0.4, 0.5) is 5.69 Å². The van der Waals surface area contributed by atoms with Gasteiger partial charge in [-0.2, -0.15) is 4.98 Å². The van der Waals surface area contributed by atoms with Gasteiger partial charge in [0.05, 0.1) is 17.6 Å². The van der Waals surface area contributed by atoms with Crippen molar-refractivity contribution in [3.05, 3.63) is 105 Å². The summed E-state index contributed by atoms with van der Waals surface area (Å²) < 4.78 is 3.11. The van der Waals surface area contributed by atoms with Crippen LogP contribution in [0, 0.1) is 13.8 Å². The largest absolute Gasteiger partial charge is 0.319 e. The van der Waals surface area contributed by atoms with E-state index in [0.717, 1.165) is 22.2 Å². The maximum absolute atomic E-state index is 13.4. The zero-order valence-electron chi connectivity index (χ0n) is 18.0. The highest BCUT2D eigenvalue weighted by Crippen LogP contribution is 2.21. The molecule has 0 aliphatic heterocycles. The van der Waals surface area contributed by atoms with Crippen molar-refractivity contribution in [3.63, 3.8) is 0 Å². The van der Waals surface area contributed by atoms with Crippen LogP contribution in [-0.2, 0) is 6.54 Å². The number of carbonyl (C=O) groups excluding carboxylic acids is 1. The van der Waals surface area contributed by atoms with E-state index in [-0.39, 0.29) is 17.0 Å². The van der Waals surface area contributed by atoms with Gasteiger partial charge in [-0.15, -0.1) is 5.10 Å². The number of nitrogens with zero attached hydrogens (tertiary/aromatic N) is 4. The van der Waals surface area contributed by atoms with Crippen LogP contribution in [-0.4, -0.2) is 25.1 Å². The molecule has 5 rings (SSSR count). The van der Waals surface area contributed by atoms with Gasteiger partial charge in [0.2, 0.25) is 11.5 Å². The van der Waals surface area contributed by atoms with E-state index in [1.54, 1.807) is 16.7 Å². The number of hydrogen-bond donors (Lipinski definition) is 1. The minimum absolute atomic E-state index is 0.0920. The van der Waals surface area contributed by atoms with Gasteiger partial charge in [0, 0.05) is 10.7 Å². The monoisotopic (exact) mass is 457 g/mol. The molecule has 0 spiro atoms. The van der Waals surface area contributed by atoms with E-state index in [2.05, 4.69) is 15.4 Å². The van der Waals surface area contributed by atoms with E-state index in [0.29, 0.717) is 22.8 Å². The van der Waals surface area contributed by atoms with Crippen LogP contribution in [0.25, 0.3) is 16.7 Å². The number of aromatic nitrogens is 4. The Bertz CT molecular complexity index is 1590. The molecule has 0 saturated heterocycles. The number of halogens is 1. The molecule has 0 aliphatic rings. The van der Waals surface area contributed by atoms with Crippen molar-refractivity contribution in [1.29, 1.82) is 0 Å². The third-order valence-electron chi connectivity index (χ3n) is 5.51. The van der Waals surface area contributed by atoms with Crippen molar-refractivity contribution in [1.82, 2.24) is 19.2 Å². The van der Waals surface area contributed by atoms with Crippen LogP contribution in [0.15, 0.2) is 71.5 Å². The van der Waals surface area contributed by atoms with Gasteiger partial charge in [0.25, 0.3) is 11.5 Å². The Balaban J connectivity index is 1.63. The molecule has 1 N–H and O–H groups in total. The van der Waals surface area contributed by atoms with Gasteiger partial charge in [-0.25, -0.2) is 4.52 Å².